The van der Waals surface area contributed by atoms with Gasteiger partial charge in [0.15, 0.2) is 6.17 Å². The quantitative estimate of drug-likeness (QED) is 0.688. The normalized spacial score (nSPS) is 30.5. The summed E-state index contributed by atoms with van der Waals surface area (Å²) in [7, 11) is 0. The van der Waals surface area contributed by atoms with Gasteiger partial charge in [0.25, 0.3) is 0 Å². The molecular formula is C16H17FO7. The Morgan fingerprint density at radius 1 is 1.25 bits per heavy atom. The standard InChI is InChI=1S/C16H17FO7/c1-7-4-12(19)23-10-5-8(2-3-9(7)10)22-16-13(17)15(21)14(20)11(6-18)24-16/h2-5,11,13-16,18,20-21H,6H2,1H3/t11-,13+,14-,15-,16+/m1/s1. The maximum atomic E-state index is 14.1. The summed E-state index contributed by atoms with van der Waals surface area (Å²) in [6.07, 6.45) is -8.00. The van der Waals surface area contributed by atoms with Crippen LogP contribution in [0.3, 0.4) is 0 Å². The average molecular weight is 340 g/mol. The third-order valence-corrected chi connectivity index (χ3v) is 3.98. The lowest BCUT2D eigenvalue weighted by Crippen LogP contribution is -2.58. The summed E-state index contributed by atoms with van der Waals surface area (Å²) in [5.74, 6) is 0.157. The topological polar surface area (TPSA) is 109 Å². The summed E-state index contributed by atoms with van der Waals surface area (Å²) < 4.78 is 29.7. The first kappa shape index (κ1) is 16.8. The molecule has 1 aromatic carbocycles. The van der Waals surface area contributed by atoms with Crippen LogP contribution in [0, 0.1) is 6.92 Å². The van der Waals surface area contributed by atoms with E-state index in [0.717, 1.165) is 5.56 Å². The van der Waals surface area contributed by atoms with Crippen LogP contribution in [0.4, 0.5) is 4.39 Å². The zero-order valence-electron chi connectivity index (χ0n) is 12.8. The van der Waals surface area contributed by atoms with E-state index < -0.39 is 43.0 Å². The van der Waals surface area contributed by atoms with Crippen molar-refractivity contribution in [3.8, 4) is 5.75 Å². The van der Waals surface area contributed by atoms with Gasteiger partial charge in [-0.2, -0.15) is 0 Å². The van der Waals surface area contributed by atoms with Crippen LogP contribution in [-0.4, -0.2) is 52.7 Å². The maximum absolute atomic E-state index is 14.1. The summed E-state index contributed by atoms with van der Waals surface area (Å²) in [5.41, 5.74) is 0.473. The van der Waals surface area contributed by atoms with Crippen LogP contribution in [0.25, 0.3) is 11.0 Å². The summed E-state index contributed by atoms with van der Waals surface area (Å²) >= 11 is 0. The minimum Gasteiger partial charge on any atom is -0.461 e. The monoisotopic (exact) mass is 340 g/mol. The lowest BCUT2D eigenvalue weighted by Gasteiger charge is -2.38. The van der Waals surface area contributed by atoms with Crippen molar-refractivity contribution in [1.29, 1.82) is 0 Å². The predicted octanol–water partition coefficient (Wildman–Crippen LogP) is 0.257. The average Bonchev–Trinajstić information content (AvgIpc) is 2.55. The number of aliphatic hydroxyl groups is 3. The van der Waals surface area contributed by atoms with E-state index in [0.29, 0.717) is 5.39 Å². The molecule has 0 spiro atoms. The first-order valence-electron chi connectivity index (χ1n) is 7.38. The Labute approximate surface area is 135 Å². The number of aliphatic hydroxyl groups excluding tert-OH is 3. The number of fused-ring (bicyclic) bond motifs is 1. The van der Waals surface area contributed by atoms with Crippen LogP contribution in [0.2, 0.25) is 0 Å². The molecule has 0 bridgehead atoms. The van der Waals surface area contributed by atoms with E-state index in [2.05, 4.69) is 0 Å². The number of ether oxygens (including phenoxy) is 2. The van der Waals surface area contributed by atoms with Gasteiger partial charge in [0.1, 0.15) is 29.6 Å². The minimum atomic E-state index is -2.01. The third-order valence-electron chi connectivity index (χ3n) is 3.98. The number of aryl methyl sites for hydroxylation is 1. The number of rotatable bonds is 3. The summed E-state index contributed by atoms with van der Waals surface area (Å²) in [5, 5.41) is 29.1. The van der Waals surface area contributed by atoms with Gasteiger partial charge in [0.05, 0.1) is 6.61 Å². The van der Waals surface area contributed by atoms with Crippen LogP contribution in [0.1, 0.15) is 5.56 Å². The number of alkyl halides is 1. The highest BCUT2D eigenvalue weighted by Gasteiger charge is 2.46. The molecule has 0 amide bonds. The molecule has 24 heavy (non-hydrogen) atoms. The fraction of sp³-hybridized carbons (Fsp3) is 0.438. The zero-order chi connectivity index (χ0) is 17.4. The number of hydrogen-bond acceptors (Lipinski definition) is 7. The molecule has 0 saturated carbocycles. The maximum Gasteiger partial charge on any atom is 0.336 e. The van der Waals surface area contributed by atoms with Crippen molar-refractivity contribution in [3.63, 3.8) is 0 Å². The van der Waals surface area contributed by atoms with Crippen LogP contribution in [-0.2, 0) is 4.74 Å². The first-order chi connectivity index (χ1) is 11.4. The Bertz CT molecular complexity index is 788. The first-order valence-corrected chi connectivity index (χ1v) is 7.38. The minimum absolute atomic E-state index is 0.157. The van der Waals surface area contributed by atoms with Crippen molar-refractivity contribution in [2.45, 2.75) is 37.7 Å². The fourth-order valence-electron chi connectivity index (χ4n) is 2.65. The molecular weight excluding hydrogens is 323 g/mol. The molecule has 3 rings (SSSR count). The van der Waals surface area contributed by atoms with Crippen molar-refractivity contribution < 1.29 is 33.6 Å². The molecule has 5 atom stereocenters. The molecule has 130 valence electrons. The molecule has 1 aromatic heterocycles. The smallest absolute Gasteiger partial charge is 0.336 e. The highest BCUT2D eigenvalue weighted by atomic mass is 19.1. The molecule has 3 N–H and O–H groups in total. The number of halogens is 1. The molecule has 2 heterocycles. The Hall–Kier alpha value is -2.00. The van der Waals surface area contributed by atoms with Gasteiger partial charge < -0.3 is 29.2 Å². The van der Waals surface area contributed by atoms with Crippen molar-refractivity contribution in [1.82, 2.24) is 0 Å². The van der Waals surface area contributed by atoms with Crippen molar-refractivity contribution in [2.24, 2.45) is 0 Å². The molecule has 1 aliphatic rings. The largest absolute Gasteiger partial charge is 0.461 e. The summed E-state index contributed by atoms with van der Waals surface area (Å²) in [4.78, 5) is 11.4. The molecule has 0 unspecified atom stereocenters. The fourth-order valence-corrected chi connectivity index (χ4v) is 2.65. The molecule has 7 nitrogen and oxygen atoms in total. The van der Waals surface area contributed by atoms with Crippen LogP contribution >= 0.6 is 0 Å². The van der Waals surface area contributed by atoms with Crippen LogP contribution in [0.5, 0.6) is 5.75 Å². The molecule has 1 aliphatic heterocycles. The lowest BCUT2D eigenvalue weighted by atomic mass is 10.0. The lowest BCUT2D eigenvalue weighted by molar-refractivity contribution is -0.261. The second kappa shape index (κ2) is 6.48. The Morgan fingerprint density at radius 2 is 2.00 bits per heavy atom. The van der Waals surface area contributed by atoms with Gasteiger partial charge in [-0.05, 0) is 24.6 Å². The van der Waals surface area contributed by atoms with Gasteiger partial charge in [-0.25, -0.2) is 9.18 Å². The van der Waals surface area contributed by atoms with Gasteiger partial charge in [-0.15, -0.1) is 0 Å². The summed E-state index contributed by atoms with van der Waals surface area (Å²) in [6.45, 7) is 1.15. The predicted molar refractivity (Wildman–Crippen MR) is 80.5 cm³/mol. The van der Waals surface area contributed by atoms with Gasteiger partial charge in [-0.1, -0.05) is 0 Å². The molecule has 2 aromatic rings. The van der Waals surface area contributed by atoms with Gasteiger partial charge in [0.2, 0.25) is 6.29 Å². The second-order valence-corrected chi connectivity index (χ2v) is 5.68. The van der Waals surface area contributed by atoms with E-state index in [4.69, 9.17) is 19.0 Å². The van der Waals surface area contributed by atoms with Crippen molar-refractivity contribution >= 4 is 11.0 Å². The van der Waals surface area contributed by atoms with Crippen molar-refractivity contribution in [2.75, 3.05) is 6.61 Å². The molecule has 1 fully saturated rings. The number of benzene rings is 1. The highest BCUT2D eigenvalue weighted by molar-refractivity contribution is 5.81. The van der Waals surface area contributed by atoms with E-state index in [9.17, 15) is 19.4 Å². The van der Waals surface area contributed by atoms with Gasteiger partial charge in [0, 0.05) is 17.5 Å². The highest BCUT2D eigenvalue weighted by Crippen LogP contribution is 2.28. The van der Waals surface area contributed by atoms with E-state index in [-0.39, 0.29) is 11.3 Å². The van der Waals surface area contributed by atoms with Crippen molar-refractivity contribution in [3.05, 3.63) is 40.2 Å². The Balaban J connectivity index is 1.87. The third kappa shape index (κ3) is 3.01. The second-order valence-electron chi connectivity index (χ2n) is 5.68. The van der Waals surface area contributed by atoms with E-state index in [1.165, 1.54) is 18.2 Å². The molecule has 1 saturated heterocycles. The van der Waals surface area contributed by atoms with Gasteiger partial charge >= 0.3 is 5.63 Å². The van der Waals surface area contributed by atoms with Gasteiger partial charge in [-0.3, -0.25) is 0 Å². The van der Waals surface area contributed by atoms with Crippen LogP contribution < -0.4 is 10.4 Å². The molecule has 8 heteroatoms. The molecule has 0 aliphatic carbocycles. The number of hydrogen-bond donors (Lipinski definition) is 3. The SMILES string of the molecule is Cc1cc(=O)oc2cc(O[C@H]3O[C@H](CO)[C@@H](O)[C@H](O)[C@@H]3F)ccc12. The molecule has 0 radical (unpaired) electrons. The zero-order valence-corrected chi connectivity index (χ0v) is 12.8. The summed E-state index contributed by atoms with van der Waals surface area (Å²) in [6, 6.07) is 5.95. The van der Waals surface area contributed by atoms with E-state index in [1.807, 2.05) is 0 Å². The van der Waals surface area contributed by atoms with E-state index in [1.54, 1.807) is 13.0 Å². The van der Waals surface area contributed by atoms with Crippen LogP contribution in [0.15, 0.2) is 33.5 Å². The Morgan fingerprint density at radius 3 is 2.71 bits per heavy atom. The Kier molecular flexibility index (Phi) is 4.55. The van der Waals surface area contributed by atoms with E-state index >= 15 is 0 Å².